The van der Waals surface area contributed by atoms with Gasteiger partial charge in [-0.15, -0.1) is 0 Å². The lowest BCUT2D eigenvalue weighted by Crippen LogP contribution is -2.32. The van der Waals surface area contributed by atoms with E-state index in [2.05, 4.69) is 20.0 Å². The van der Waals surface area contributed by atoms with Crippen molar-refractivity contribution >= 4 is 23.8 Å². The Kier molecular flexibility index (Phi) is 5.27. The van der Waals surface area contributed by atoms with Gasteiger partial charge in [0, 0.05) is 12.4 Å². The quantitative estimate of drug-likeness (QED) is 0.621. The van der Waals surface area contributed by atoms with Crippen molar-refractivity contribution in [1.29, 1.82) is 0 Å². The normalized spacial score (nSPS) is 9.56. The van der Waals surface area contributed by atoms with Crippen LogP contribution in [0, 0.1) is 0 Å². The van der Waals surface area contributed by atoms with Gasteiger partial charge in [-0.1, -0.05) is 11.8 Å². The molecule has 2 amide bonds. The number of nitrogens with zero attached hydrogens (tertiary/aromatic N) is 2. The Hall–Kier alpha value is -1.63. The number of rotatable bonds is 4. The number of amides is 2. The molecule has 0 aliphatic rings. The molecule has 0 aliphatic heterocycles. The van der Waals surface area contributed by atoms with E-state index < -0.39 is 12.0 Å². The first-order valence-electron chi connectivity index (χ1n) is 4.58. The van der Waals surface area contributed by atoms with E-state index in [1.54, 1.807) is 25.4 Å². The molecule has 0 bridgehead atoms. The molecule has 1 N–H and O–H groups in total. The predicted molar refractivity (Wildman–Crippen MR) is 57.9 cm³/mol. The second-order valence-electron chi connectivity index (χ2n) is 2.59. The fourth-order valence-corrected chi connectivity index (χ4v) is 1.41. The van der Waals surface area contributed by atoms with Crippen molar-refractivity contribution in [2.45, 2.75) is 12.1 Å². The maximum atomic E-state index is 11.2. The lowest BCUT2D eigenvalue weighted by Gasteiger charge is -2.02. The standard InChI is InChI=1S/C9H11N3O3S/c1-2-15-9(14)12-7(13)6-16-8-10-4-3-5-11-8/h3-5H,2,6H2,1H3,(H,12,13,14). The molecular weight excluding hydrogens is 230 g/mol. The lowest BCUT2D eigenvalue weighted by molar-refractivity contribution is -0.117. The van der Waals surface area contributed by atoms with Gasteiger partial charge in [-0.2, -0.15) is 0 Å². The highest BCUT2D eigenvalue weighted by Crippen LogP contribution is 2.09. The van der Waals surface area contributed by atoms with Crippen molar-refractivity contribution in [1.82, 2.24) is 15.3 Å². The first kappa shape index (κ1) is 12.4. The molecule has 0 fully saturated rings. The number of hydrogen-bond donors (Lipinski definition) is 1. The van der Waals surface area contributed by atoms with E-state index in [1.807, 2.05) is 0 Å². The zero-order chi connectivity index (χ0) is 11.8. The van der Waals surface area contributed by atoms with Crippen LogP contribution < -0.4 is 5.32 Å². The SMILES string of the molecule is CCOC(=O)NC(=O)CSc1ncccn1. The number of carbonyl (C=O) groups is 2. The fourth-order valence-electron chi connectivity index (χ4n) is 0.807. The van der Waals surface area contributed by atoms with Gasteiger partial charge >= 0.3 is 6.09 Å². The van der Waals surface area contributed by atoms with Gasteiger partial charge in [0.2, 0.25) is 5.91 Å². The summed E-state index contributed by atoms with van der Waals surface area (Å²) in [4.78, 5) is 29.9. The third kappa shape index (κ3) is 4.74. The van der Waals surface area contributed by atoms with Crippen molar-refractivity contribution in [3.8, 4) is 0 Å². The molecule has 1 aromatic rings. The molecule has 0 saturated carbocycles. The lowest BCUT2D eigenvalue weighted by atomic mass is 10.7. The maximum Gasteiger partial charge on any atom is 0.413 e. The van der Waals surface area contributed by atoms with Gasteiger partial charge in [-0.3, -0.25) is 10.1 Å². The molecule has 1 heterocycles. The number of ether oxygens (including phenoxy) is 1. The van der Waals surface area contributed by atoms with Gasteiger partial charge in [0.15, 0.2) is 5.16 Å². The van der Waals surface area contributed by atoms with E-state index >= 15 is 0 Å². The fraction of sp³-hybridized carbons (Fsp3) is 0.333. The van der Waals surface area contributed by atoms with Crippen LogP contribution in [0.15, 0.2) is 23.6 Å². The topological polar surface area (TPSA) is 81.2 Å². The van der Waals surface area contributed by atoms with Gasteiger partial charge in [0.05, 0.1) is 12.4 Å². The summed E-state index contributed by atoms with van der Waals surface area (Å²) < 4.78 is 4.55. The van der Waals surface area contributed by atoms with Crippen LogP contribution in [0.1, 0.15) is 6.92 Å². The van der Waals surface area contributed by atoms with Gasteiger partial charge in [-0.05, 0) is 13.0 Å². The van der Waals surface area contributed by atoms with Crippen LogP contribution in [0.2, 0.25) is 0 Å². The van der Waals surface area contributed by atoms with Crippen LogP contribution in [0.4, 0.5) is 4.79 Å². The van der Waals surface area contributed by atoms with E-state index in [0.717, 1.165) is 11.8 Å². The molecule has 1 rings (SSSR count). The first-order chi connectivity index (χ1) is 7.72. The maximum absolute atomic E-state index is 11.2. The van der Waals surface area contributed by atoms with Gasteiger partial charge in [0.25, 0.3) is 0 Å². The largest absolute Gasteiger partial charge is 0.450 e. The Bertz CT molecular complexity index is 358. The van der Waals surface area contributed by atoms with Crippen molar-refractivity contribution in [2.75, 3.05) is 12.4 Å². The Labute approximate surface area is 96.8 Å². The Balaban J connectivity index is 2.28. The van der Waals surface area contributed by atoms with Crippen LogP contribution in [-0.2, 0) is 9.53 Å². The highest BCUT2D eigenvalue weighted by atomic mass is 32.2. The van der Waals surface area contributed by atoms with Gasteiger partial charge in [0.1, 0.15) is 0 Å². The summed E-state index contributed by atoms with van der Waals surface area (Å²) in [7, 11) is 0. The molecule has 0 aromatic carbocycles. The molecule has 0 atom stereocenters. The molecule has 86 valence electrons. The van der Waals surface area contributed by atoms with Crippen LogP contribution in [-0.4, -0.2) is 34.3 Å². The number of imide groups is 1. The Morgan fingerprint density at radius 3 is 2.75 bits per heavy atom. The zero-order valence-corrected chi connectivity index (χ0v) is 9.49. The number of hydrogen-bond acceptors (Lipinski definition) is 6. The number of thioether (sulfide) groups is 1. The molecule has 0 spiro atoms. The molecule has 0 saturated heterocycles. The third-order valence-corrected chi connectivity index (χ3v) is 2.27. The highest BCUT2D eigenvalue weighted by Gasteiger charge is 2.09. The molecule has 7 heteroatoms. The van der Waals surface area contributed by atoms with Crippen molar-refractivity contribution in [3.05, 3.63) is 18.5 Å². The van der Waals surface area contributed by atoms with Crippen LogP contribution in [0.3, 0.4) is 0 Å². The summed E-state index contributed by atoms with van der Waals surface area (Å²) in [5.74, 6) is -0.362. The van der Waals surface area contributed by atoms with E-state index in [9.17, 15) is 9.59 Å². The molecule has 1 aromatic heterocycles. The average Bonchev–Trinajstić information content (AvgIpc) is 2.28. The molecule has 0 unspecified atom stereocenters. The minimum Gasteiger partial charge on any atom is -0.450 e. The summed E-state index contributed by atoms with van der Waals surface area (Å²) in [6.07, 6.45) is 2.43. The minimum atomic E-state index is -0.734. The van der Waals surface area contributed by atoms with Crippen molar-refractivity contribution < 1.29 is 14.3 Å². The minimum absolute atomic E-state index is 0.0722. The van der Waals surface area contributed by atoms with Crippen LogP contribution in [0.5, 0.6) is 0 Å². The molecule has 16 heavy (non-hydrogen) atoms. The molecular formula is C9H11N3O3S. The number of nitrogens with one attached hydrogen (secondary N) is 1. The Morgan fingerprint density at radius 2 is 2.12 bits per heavy atom. The smallest absolute Gasteiger partial charge is 0.413 e. The first-order valence-corrected chi connectivity index (χ1v) is 5.57. The summed E-state index contributed by atoms with van der Waals surface area (Å²) >= 11 is 1.15. The van der Waals surface area contributed by atoms with Gasteiger partial charge < -0.3 is 4.74 Å². The van der Waals surface area contributed by atoms with Crippen LogP contribution >= 0.6 is 11.8 Å². The van der Waals surface area contributed by atoms with Crippen molar-refractivity contribution in [2.24, 2.45) is 0 Å². The highest BCUT2D eigenvalue weighted by molar-refractivity contribution is 7.99. The zero-order valence-electron chi connectivity index (χ0n) is 8.67. The van der Waals surface area contributed by atoms with Crippen LogP contribution in [0.25, 0.3) is 0 Å². The van der Waals surface area contributed by atoms with Gasteiger partial charge in [-0.25, -0.2) is 14.8 Å². The van der Waals surface area contributed by atoms with E-state index in [0.29, 0.717) is 5.16 Å². The van der Waals surface area contributed by atoms with Crippen molar-refractivity contribution in [3.63, 3.8) is 0 Å². The summed E-state index contributed by atoms with van der Waals surface area (Å²) in [5, 5.41) is 2.56. The van der Waals surface area contributed by atoms with E-state index in [1.165, 1.54) is 0 Å². The van der Waals surface area contributed by atoms with E-state index in [-0.39, 0.29) is 12.4 Å². The monoisotopic (exact) mass is 241 g/mol. The predicted octanol–water partition coefficient (Wildman–Crippen LogP) is 0.841. The summed E-state index contributed by atoms with van der Waals surface area (Å²) in [5.41, 5.74) is 0. The average molecular weight is 241 g/mol. The van der Waals surface area contributed by atoms with E-state index in [4.69, 9.17) is 0 Å². The second kappa shape index (κ2) is 6.78. The third-order valence-electron chi connectivity index (χ3n) is 1.39. The summed E-state index contributed by atoms with van der Waals surface area (Å²) in [6, 6.07) is 1.68. The Morgan fingerprint density at radius 1 is 1.44 bits per heavy atom. The second-order valence-corrected chi connectivity index (χ2v) is 3.53. The number of aromatic nitrogens is 2. The molecule has 6 nitrogen and oxygen atoms in total. The molecule has 0 aliphatic carbocycles. The number of carbonyl (C=O) groups excluding carboxylic acids is 2. The summed E-state index contributed by atoms with van der Waals surface area (Å²) in [6.45, 7) is 1.89. The molecule has 0 radical (unpaired) electrons. The number of alkyl carbamates (subject to hydrolysis) is 1.